The van der Waals surface area contributed by atoms with E-state index in [0.29, 0.717) is 17.4 Å². The Hall–Kier alpha value is -2.40. The number of hydrogen-bond donors (Lipinski definition) is 0. The van der Waals surface area contributed by atoms with Crippen LogP contribution < -0.4 is 4.74 Å². The average molecular weight is 365 g/mol. The van der Waals surface area contributed by atoms with Crippen molar-refractivity contribution in [3.05, 3.63) is 54.4 Å². The second-order valence-electron chi connectivity index (χ2n) is 7.58. The molecule has 2 saturated heterocycles. The predicted molar refractivity (Wildman–Crippen MR) is 105 cm³/mol. The van der Waals surface area contributed by atoms with Gasteiger partial charge in [-0.25, -0.2) is 0 Å². The van der Waals surface area contributed by atoms with Gasteiger partial charge in [0.2, 0.25) is 0 Å². The van der Waals surface area contributed by atoms with Crippen molar-refractivity contribution in [1.82, 2.24) is 14.8 Å². The molecule has 2 aliphatic heterocycles. The van der Waals surface area contributed by atoms with Crippen LogP contribution in [0.3, 0.4) is 0 Å². The molecule has 0 spiro atoms. The molecule has 1 amide bonds. The molecule has 1 aromatic heterocycles. The van der Waals surface area contributed by atoms with Crippen molar-refractivity contribution in [3.8, 4) is 11.5 Å². The van der Waals surface area contributed by atoms with Gasteiger partial charge in [-0.3, -0.25) is 9.78 Å². The Morgan fingerprint density at radius 3 is 2.59 bits per heavy atom. The van der Waals surface area contributed by atoms with Crippen molar-refractivity contribution in [3.63, 3.8) is 0 Å². The molecule has 2 aliphatic rings. The molecule has 0 bridgehead atoms. The summed E-state index contributed by atoms with van der Waals surface area (Å²) in [5, 5.41) is 0. The highest BCUT2D eigenvalue weighted by atomic mass is 16.5. The lowest BCUT2D eigenvalue weighted by molar-refractivity contribution is 0.0782. The Labute approximate surface area is 161 Å². The van der Waals surface area contributed by atoms with E-state index in [-0.39, 0.29) is 5.91 Å². The van der Waals surface area contributed by atoms with Crippen LogP contribution in [-0.2, 0) is 0 Å². The number of carbonyl (C=O) groups excluding carboxylic acids is 1. The number of likely N-dealkylation sites (tertiary alicyclic amines) is 2. The maximum atomic E-state index is 12.8. The fourth-order valence-corrected chi connectivity index (χ4v) is 4.06. The van der Waals surface area contributed by atoms with Gasteiger partial charge in [0.25, 0.3) is 5.91 Å². The molecule has 142 valence electrons. The quantitative estimate of drug-likeness (QED) is 0.808. The fourth-order valence-electron chi connectivity index (χ4n) is 4.06. The summed E-state index contributed by atoms with van der Waals surface area (Å²) in [6.07, 6.45) is 8.51. The highest BCUT2D eigenvalue weighted by Crippen LogP contribution is 2.24. The summed E-state index contributed by atoms with van der Waals surface area (Å²) >= 11 is 0. The van der Waals surface area contributed by atoms with Gasteiger partial charge in [0.05, 0.1) is 6.20 Å². The van der Waals surface area contributed by atoms with Crippen LogP contribution in [0.5, 0.6) is 11.5 Å². The molecule has 1 aromatic carbocycles. The Morgan fingerprint density at radius 1 is 1.04 bits per heavy atom. The zero-order valence-corrected chi connectivity index (χ0v) is 15.7. The number of rotatable bonds is 5. The third-order valence-corrected chi connectivity index (χ3v) is 5.51. The van der Waals surface area contributed by atoms with E-state index in [1.54, 1.807) is 12.4 Å². The van der Waals surface area contributed by atoms with E-state index in [0.717, 1.165) is 31.6 Å². The Balaban J connectivity index is 1.31. The summed E-state index contributed by atoms with van der Waals surface area (Å²) in [7, 11) is 0. The van der Waals surface area contributed by atoms with Gasteiger partial charge in [-0.05, 0) is 74.7 Å². The first-order valence-electron chi connectivity index (χ1n) is 9.97. The van der Waals surface area contributed by atoms with Crippen LogP contribution in [0.1, 0.15) is 36.0 Å². The van der Waals surface area contributed by atoms with E-state index < -0.39 is 0 Å². The van der Waals surface area contributed by atoms with Crippen molar-refractivity contribution in [2.45, 2.75) is 25.7 Å². The summed E-state index contributed by atoms with van der Waals surface area (Å²) in [5.74, 6) is 2.14. The smallest absolute Gasteiger partial charge is 0.253 e. The first-order valence-corrected chi connectivity index (χ1v) is 9.97. The summed E-state index contributed by atoms with van der Waals surface area (Å²) in [6.45, 7) is 5.34. The normalized spacial score (nSPS) is 20.6. The number of benzene rings is 1. The van der Waals surface area contributed by atoms with Crippen molar-refractivity contribution in [1.29, 1.82) is 0 Å². The van der Waals surface area contributed by atoms with Gasteiger partial charge in [-0.2, -0.15) is 0 Å². The van der Waals surface area contributed by atoms with Gasteiger partial charge in [0.15, 0.2) is 0 Å². The van der Waals surface area contributed by atoms with E-state index in [4.69, 9.17) is 4.74 Å². The minimum absolute atomic E-state index is 0.129. The van der Waals surface area contributed by atoms with Gasteiger partial charge in [0, 0.05) is 31.4 Å². The number of hydrogen-bond acceptors (Lipinski definition) is 4. The lowest BCUT2D eigenvalue weighted by Gasteiger charge is -2.29. The monoisotopic (exact) mass is 365 g/mol. The Bertz CT molecular complexity index is 742. The highest BCUT2D eigenvalue weighted by molar-refractivity contribution is 5.94. The van der Waals surface area contributed by atoms with Crippen molar-refractivity contribution in [2.75, 3.05) is 32.7 Å². The molecule has 5 nitrogen and oxygen atoms in total. The Morgan fingerprint density at radius 2 is 1.85 bits per heavy atom. The van der Waals surface area contributed by atoms with E-state index >= 15 is 0 Å². The predicted octanol–water partition coefficient (Wildman–Crippen LogP) is 3.82. The second-order valence-corrected chi connectivity index (χ2v) is 7.58. The molecular weight excluding hydrogens is 338 g/mol. The highest BCUT2D eigenvalue weighted by Gasteiger charge is 2.28. The standard InChI is InChI=1S/C22H27N3O2/c26-22(25-14-10-18(17-25)16-24-12-2-1-3-13-24)19-6-8-20(9-7-19)27-21-5-4-11-23-15-21/h4-9,11,15,18H,1-3,10,12-14,16-17H2/t18-/m0/s1. The molecule has 0 radical (unpaired) electrons. The van der Waals surface area contributed by atoms with E-state index in [1.165, 1.54) is 32.4 Å². The number of nitrogens with zero attached hydrogens (tertiary/aromatic N) is 3. The molecule has 3 heterocycles. The van der Waals surface area contributed by atoms with Gasteiger partial charge in [-0.1, -0.05) is 6.42 Å². The van der Waals surface area contributed by atoms with Crippen LogP contribution in [0.25, 0.3) is 0 Å². The first-order chi connectivity index (χ1) is 13.3. The van der Waals surface area contributed by atoms with Gasteiger partial charge < -0.3 is 14.5 Å². The molecule has 0 aliphatic carbocycles. The summed E-state index contributed by atoms with van der Waals surface area (Å²) in [6, 6.07) is 11.1. The molecule has 4 rings (SSSR count). The fraction of sp³-hybridized carbons (Fsp3) is 0.455. The van der Waals surface area contributed by atoms with Crippen LogP contribution >= 0.6 is 0 Å². The van der Waals surface area contributed by atoms with Gasteiger partial charge in [0.1, 0.15) is 11.5 Å². The molecule has 0 unspecified atom stereocenters. The third-order valence-electron chi connectivity index (χ3n) is 5.51. The summed E-state index contributed by atoms with van der Waals surface area (Å²) in [4.78, 5) is 21.4. The maximum absolute atomic E-state index is 12.8. The first kappa shape index (κ1) is 18.0. The van der Waals surface area contributed by atoms with E-state index in [9.17, 15) is 4.79 Å². The number of piperidine rings is 1. The second kappa shape index (κ2) is 8.53. The molecule has 2 aromatic rings. The number of pyridine rings is 1. The largest absolute Gasteiger partial charge is 0.456 e. The maximum Gasteiger partial charge on any atom is 0.253 e. The number of ether oxygens (including phenoxy) is 1. The molecule has 0 saturated carbocycles. The zero-order chi connectivity index (χ0) is 18.5. The molecule has 27 heavy (non-hydrogen) atoms. The number of carbonyl (C=O) groups is 1. The van der Waals surface area contributed by atoms with Crippen LogP contribution in [0.2, 0.25) is 0 Å². The topological polar surface area (TPSA) is 45.7 Å². The van der Waals surface area contributed by atoms with Gasteiger partial charge in [-0.15, -0.1) is 0 Å². The average Bonchev–Trinajstić information content (AvgIpc) is 3.18. The van der Waals surface area contributed by atoms with Crippen LogP contribution in [0, 0.1) is 5.92 Å². The van der Waals surface area contributed by atoms with E-state index in [1.807, 2.05) is 41.3 Å². The van der Waals surface area contributed by atoms with Gasteiger partial charge >= 0.3 is 0 Å². The minimum atomic E-state index is 0.129. The number of aromatic nitrogens is 1. The van der Waals surface area contributed by atoms with Crippen LogP contribution in [0.4, 0.5) is 0 Å². The molecule has 1 atom stereocenters. The van der Waals surface area contributed by atoms with E-state index in [2.05, 4.69) is 9.88 Å². The van der Waals surface area contributed by atoms with Crippen LogP contribution in [0.15, 0.2) is 48.8 Å². The summed E-state index contributed by atoms with van der Waals surface area (Å²) in [5.41, 5.74) is 0.729. The lowest BCUT2D eigenvalue weighted by Crippen LogP contribution is -2.36. The molecule has 0 N–H and O–H groups in total. The summed E-state index contributed by atoms with van der Waals surface area (Å²) < 4.78 is 5.75. The zero-order valence-electron chi connectivity index (χ0n) is 15.7. The number of amides is 1. The molecule has 5 heteroatoms. The SMILES string of the molecule is O=C(c1ccc(Oc2cccnc2)cc1)N1CC[C@@H](CN2CCCCC2)C1. The van der Waals surface area contributed by atoms with Crippen molar-refractivity contribution >= 4 is 5.91 Å². The van der Waals surface area contributed by atoms with Crippen molar-refractivity contribution in [2.24, 2.45) is 5.92 Å². The Kier molecular flexibility index (Phi) is 5.68. The minimum Gasteiger partial charge on any atom is -0.456 e. The van der Waals surface area contributed by atoms with Crippen LogP contribution in [-0.4, -0.2) is 53.4 Å². The van der Waals surface area contributed by atoms with Crippen molar-refractivity contribution < 1.29 is 9.53 Å². The molecular formula is C22H27N3O2. The third kappa shape index (κ3) is 4.66. The molecule has 2 fully saturated rings. The lowest BCUT2D eigenvalue weighted by atomic mass is 10.1.